The molecule has 0 saturated carbocycles. The van der Waals surface area contributed by atoms with Crippen molar-refractivity contribution in [3.05, 3.63) is 53.5 Å². The van der Waals surface area contributed by atoms with Crippen molar-refractivity contribution in [1.29, 1.82) is 0 Å². The third-order valence-electron chi connectivity index (χ3n) is 2.51. The molecule has 2 rings (SSSR count). The summed E-state index contributed by atoms with van der Waals surface area (Å²) in [5, 5.41) is 9.13. The lowest BCUT2D eigenvalue weighted by atomic mass is 10.0. The van der Waals surface area contributed by atoms with E-state index in [0.29, 0.717) is 23.5 Å². The van der Waals surface area contributed by atoms with Crippen molar-refractivity contribution in [2.24, 2.45) is 0 Å². The lowest BCUT2D eigenvalue weighted by Gasteiger charge is -2.10. The molecule has 0 fully saturated rings. The van der Waals surface area contributed by atoms with Crippen molar-refractivity contribution in [3.8, 4) is 5.75 Å². The second kappa shape index (κ2) is 4.74. The maximum absolute atomic E-state index is 11.1. The summed E-state index contributed by atoms with van der Waals surface area (Å²) in [4.78, 5) is 11.1. The fraction of sp³-hybridized carbons (Fsp3) is 0.154. The molecule has 0 amide bonds. The molecule has 0 atom stereocenters. The molecule has 0 aliphatic rings. The molecule has 88 valence electrons. The van der Waals surface area contributed by atoms with Crippen molar-refractivity contribution in [3.63, 3.8) is 0 Å². The Balaban J connectivity index is 2.45. The van der Waals surface area contributed by atoms with Crippen LogP contribution in [0.2, 0.25) is 0 Å². The molecule has 0 aliphatic carbocycles. The number of carbonyl (C=O) groups is 1. The molecule has 1 aromatic heterocycles. The standard InChI is InChI=1S/C13H12O4/c1-16-12-6-2-5-10(13(14)15)11(12)8-9-4-3-7-17-9/h2-7H,8H2,1H3,(H,14,15). The molecule has 0 saturated heterocycles. The molecule has 1 aromatic carbocycles. The summed E-state index contributed by atoms with van der Waals surface area (Å²) in [5.74, 6) is 0.295. The molecule has 0 spiro atoms. The quantitative estimate of drug-likeness (QED) is 0.880. The van der Waals surface area contributed by atoms with Gasteiger partial charge in [0.2, 0.25) is 0 Å². The average Bonchev–Trinajstić information content (AvgIpc) is 2.82. The van der Waals surface area contributed by atoms with Gasteiger partial charge in [0, 0.05) is 12.0 Å². The zero-order valence-corrected chi connectivity index (χ0v) is 9.34. The van der Waals surface area contributed by atoms with Gasteiger partial charge in [-0.05, 0) is 24.3 Å². The predicted molar refractivity (Wildman–Crippen MR) is 61.5 cm³/mol. The van der Waals surface area contributed by atoms with E-state index in [2.05, 4.69) is 0 Å². The van der Waals surface area contributed by atoms with Crippen LogP contribution in [-0.2, 0) is 6.42 Å². The first kappa shape index (κ1) is 11.3. The Labute approximate surface area is 98.4 Å². The number of ether oxygens (including phenoxy) is 1. The van der Waals surface area contributed by atoms with Crippen LogP contribution in [0.15, 0.2) is 41.0 Å². The normalized spacial score (nSPS) is 10.2. The number of methoxy groups -OCH3 is 1. The lowest BCUT2D eigenvalue weighted by Crippen LogP contribution is -2.05. The van der Waals surface area contributed by atoms with Gasteiger partial charge in [0.1, 0.15) is 11.5 Å². The van der Waals surface area contributed by atoms with E-state index in [1.165, 1.54) is 7.11 Å². The summed E-state index contributed by atoms with van der Waals surface area (Å²) in [5.41, 5.74) is 0.859. The maximum atomic E-state index is 11.1. The molecule has 2 aromatic rings. The Morgan fingerprint density at radius 1 is 1.35 bits per heavy atom. The second-order valence-corrected chi connectivity index (χ2v) is 3.55. The first-order chi connectivity index (χ1) is 8.22. The Morgan fingerprint density at radius 3 is 2.76 bits per heavy atom. The Morgan fingerprint density at radius 2 is 2.18 bits per heavy atom. The average molecular weight is 232 g/mol. The van der Waals surface area contributed by atoms with Gasteiger partial charge in [0.25, 0.3) is 0 Å². The summed E-state index contributed by atoms with van der Waals surface area (Å²) in [6, 6.07) is 8.53. The number of rotatable bonds is 4. The fourth-order valence-electron chi connectivity index (χ4n) is 1.73. The van der Waals surface area contributed by atoms with Gasteiger partial charge in [0.05, 0.1) is 18.9 Å². The van der Waals surface area contributed by atoms with Gasteiger partial charge < -0.3 is 14.3 Å². The minimum Gasteiger partial charge on any atom is -0.496 e. The number of carboxylic acids is 1. The zero-order valence-electron chi connectivity index (χ0n) is 9.34. The van der Waals surface area contributed by atoms with Crippen LogP contribution < -0.4 is 4.74 Å². The van der Waals surface area contributed by atoms with Crippen LogP contribution >= 0.6 is 0 Å². The van der Waals surface area contributed by atoms with Crippen molar-refractivity contribution in [2.75, 3.05) is 7.11 Å². The van der Waals surface area contributed by atoms with Crippen LogP contribution in [-0.4, -0.2) is 18.2 Å². The first-order valence-electron chi connectivity index (χ1n) is 5.14. The van der Waals surface area contributed by atoms with Gasteiger partial charge in [0.15, 0.2) is 0 Å². The summed E-state index contributed by atoms with van der Waals surface area (Å²) in [6.07, 6.45) is 1.96. The van der Waals surface area contributed by atoms with E-state index in [9.17, 15) is 4.79 Å². The van der Waals surface area contributed by atoms with Crippen LogP contribution in [0.1, 0.15) is 21.7 Å². The SMILES string of the molecule is COc1cccc(C(=O)O)c1Cc1ccco1. The Bertz CT molecular complexity index is 514. The maximum Gasteiger partial charge on any atom is 0.336 e. The van der Waals surface area contributed by atoms with Gasteiger partial charge in [-0.25, -0.2) is 4.79 Å². The molecule has 0 aliphatic heterocycles. The third kappa shape index (κ3) is 2.30. The van der Waals surface area contributed by atoms with Crippen molar-refractivity contribution >= 4 is 5.97 Å². The lowest BCUT2D eigenvalue weighted by molar-refractivity contribution is 0.0695. The molecule has 4 heteroatoms. The van der Waals surface area contributed by atoms with E-state index < -0.39 is 5.97 Å². The van der Waals surface area contributed by atoms with E-state index >= 15 is 0 Å². The first-order valence-corrected chi connectivity index (χ1v) is 5.14. The van der Waals surface area contributed by atoms with Gasteiger partial charge in [-0.2, -0.15) is 0 Å². The van der Waals surface area contributed by atoms with Crippen LogP contribution in [0.3, 0.4) is 0 Å². The van der Waals surface area contributed by atoms with Crippen molar-refractivity contribution in [1.82, 2.24) is 0 Å². The molecular formula is C13H12O4. The number of carboxylic acid groups (broad SMARTS) is 1. The van der Waals surface area contributed by atoms with Gasteiger partial charge in [-0.15, -0.1) is 0 Å². The van der Waals surface area contributed by atoms with Crippen LogP contribution in [0, 0.1) is 0 Å². The van der Waals surface area contributed by atoms with Gasteiger partial charge in [-0.1, -0.05) is 6.07 Å². The summed E-state index contributed by atoms with van der Waals surface area (Å²) in [7, 11) is 1.52. The monoisotopic (exact) mass is 232 g/mol. The predicted octanol–water partition coefficient (Wildman–Crippen LogP) is 2.58. The largest absolute Gasteiger partial charge is 0.496 e. The number of aromatic carboxylic acids is 1. The third-order valence-corrected chi connectivity index (χ3v) is 2.51. The van der Waals surface area contributed by atoms with Gasteiger partial charge >= 0.3 is 5.97 Å². The van der Waals surface area contributed by atoms with E-state index in [-0.39, 0.29) is 5.56 Å². The minimum absolute atomic E-state index is 0.237. The molecule has 0 unspecified atom stereocenters. The topological polar surface area (TPSA) is 59.7 Å². The van der Waals surface area contributed by atoms with E-state index in [1.54, 1.807) is 36.6 Å². The Hall–Kier alpha value is -2.23. The van der Waals surface area contributed by atoms with E-state index in [1.807, 2.05) is 0 Å². The van der Waals surface area contributed by atoms with Crippen LogP contribution in [0.5, 0.6) is 5.75 Å². The Kier molecular flexibility index (Phi) is 3.14. The second-order valence-electron chi connectivity index (χ2n) is 3.55. The summed E-state index contributed by atoms with van der Waals surface area (Å²) in [6.45, 7) is 0. The fourth-order valence-corrected chi connectivity index (χ4v) is 1.73. The van der Waals surface area contributed by atoms with Crippen molar-refractivity contribution < 1.29 is 19.1 Å². The molecule has 17 heavy (non-hydrogen) atoms. The minimum atomic E-state index is -0.967. The van der Waals surface area contributed by atoms with Crippen molar-refractivity contribution in [2.45, 2.75) is 6.42 Å². The highest BCUT2D eigenvalue weighted by atomic mass is 16.5. The summed E-state index contributed by atoms with van der Waals surface area (Å²) >= 11 is 0. The van der Waals surface area contributed by atoms with Crippen LogP contribution in [0.4, 0.5) is 0 Å². The number of hydrogen-bond acceptors (Lipinski definition) is 3. The molecule has 1 heterocycles. The number of hydrogen-bond donors (Lipinski definition) is 1. The smallest absolute Gasteiger partial charge is 0.336 e. The van der Waals surface area contributed by atoms with Crippen LogP contribution in [0.25, 0.3) is 0 Å². The molecule has 0 radical (unpaired) electrons. The van der Waals surface area contributed by atoms with Gasteiger partial charge in [-0.3, -0.25) is 0 Å². The molecule has 0 bridgehead atoms. The highest BCUT2D eigenvalue weighted by Gasteiger charge is 2.15. The zero-order chi connectivity index (χ0) is 12.3. The van der Waals surface area contributed by atoms with E-state index in [4.69, 9.17) is 14.3 Å². The highest BCUT2D eigenvalue weighted by molar-refractivity contribution is 5.90. The summed E-state index contributed by atoms with van der Waals surface area (Å²) < 4.78 is 10.4. The highest BCUT2D eigenvalue weighted by Crippen LogP contribution is 2.25. The van der Waals surface area contributed by atoms with E-state index in [0.717, 1.165) is 0 Å². The molecule has 4 nitrogen and oxygen atoms in total. The molecular weight excluding hydrogens is 220 g/mol. The molecule has 1 N–H and O–H groups in total. The number of benzene rings is 1. The number of furan rings is 1.